The van der Waals surface area contributed by atoms with Crippen LogP contribution < -0.4 is 0 Å². The third kappa shape index (κ3) is 6.13. The number of hydrogen-bond donors (Lipinski definition) is 1. The van der Waals surface area contributed by atoms with Crippen LogP contribution in [0.25, 0.3) is 6.08 Å². The smallest absolute Gasteiger partial charge is 0.324 e. The molecule has 0 unspecified atom stereocenters. The second-order valence-corrected chi connectivity index (χ2v) is 10.6. The summed E-state index contributed by atoms with van der Waals surface area (Å²) in [7, 11) is 0. The van der Waals surface area contributed by atoms with Gasteiger partial charge in [-0.3, -0.25) is 19.5 Å². The first kappa shape index (κ1) is 27.3. The third-order valence-electron chi connectivity index (χ3n) is 7.83. The van der Waals surface area contributed by atoms with Crippen molar-refractivity contribution < 1.29 is 14.7 Å². The van der Waals surface area contributed by atoms with E-state index in [-0.39, 0.29) is 5.78 Å². The minimum Gasteiger partial charge on any atom is -0.480 e. The van der Waals surface area contributed by atoms with Crippen molar-refractivity contribution in [3.63, 3.8) is 0 Å². The normalized spacial score (nSPS) is 14.7. The summed E-state index contributed by atoms with van der Waals surface area (Å²) in [5.41, 5.74) is 4.54. The monoisotopic (exact) mass is 533 g/mol. The molecule has 5 rings (SSSR count). The number of carbonyl (C=O) groups is 2. The third-order valence-corrected chi connectivity index (χ3v) is 7.83. The highest BCUT2D eigenvalue weighted by molar-refractivity contribution is 6.08. The van der Waals surface area contributed by atoms with E-state index in [4.69, 9.17) is 0 Å². The number of rotatable bonds is 11. The molecule has 0 bridgehead atoms. The maximum atomic E-state index is 13.0. The zero-order valence-corrected chi connectivity index (χ0v) is 22.9. The van der Waals surface area contributed by atoms with Gasteiger partial charge in [0.05, 0.1) is 11.4 Å². The molecule has 204 valence electrons. The maximum absolute atomic E-state index is 13.0. The van der Waals surface area contributed by atoms with Gasteiger partial charge in [-0.2, -0.15) is 0 Å². The molecule has 0 atom stereocenters. The number of ketones is 1. The van der Waals surface area contributed by atoms with E-state index in [1.54, 1.807) is 6.20 Å². The lowest BCUT2D eigenvalue weighted by atomic mass is 9.93. The van der Waals surface area contributed by atoms with Crippen LogP contribution in [0.2, 0.25) is 0 Å². The van der Waals surface area contributed by atoms with E-state index in [0.717, 1.165) is 35.2 Å². The first-order valence-electron chi connectivity index (χ1n) is 13.8. The van der Waals surface area contributed by atoms with Crippen LogP contribution in [-0.2, 0) is 24.4 Å². The van der Waals surface area contributed by atoms with Crippen LogP contribution in [0.1, 0.15) is 64.1 Å². The molecule has 0 spiro atoms. The lowest BCUT2D eigenvalue weighted by molar-refractivity contribution is -0.152. The fraction of sp³-hybridized carbons (Fsp3) is 0.265. The molecule has 2 aromatic carbocycles. The van der Waals surface area contributed by atoms with Gasteiger partial charge < -0.3 is 9.67 Å². The van der Waals surface area contributed by atoms with Crippen molar-refractivity contribution in [1.29, 1.82) is 0 Å². The Morgan fingerprint density at radius 2 is 1.77 bits per heavy atom. The molecule has 0 amide bonds. The van der Waals surface area contributed by atoms with E-state index in [2.05, 4.69) is 28.1 Å². The Labute approximate surface area is 235 Å². The van der Waals surface area contributed by atoms with Crippen molar-refractivity contribution in [3.05, 3.63) is 131 Å². The second kappa shape index (κ2) is 12.3. The highest BCUT2D eigenvalue weighted by Gasteiger charge is 2.46. The van der Waals surface area contributed by atoms with Crippen molar-refractivity contribution in [2.45, 2.75) is 57.8 Å². The minimum absolute atomic E-state index is 0.00710. The number of carbonyl (C=O) groups excluding carboxylic acids is 1. The van der Waals surface area contributed by atoms with Gasteiger partial charge in [0.25, 0.3) is 0 Å². The number of aromatic nitrogens is 2. The van der Waals surface area contributed by atoms with Gasteiger partial charge in [-0.25, -0.2) is 0 Å². The molecule has 2 aromatic heterocycles. The molecule has 1 aliphatic rings. The van der Waals surface area contributed by atoms with Gasteiger partial charge in [-0.05, 0) is 55.2 Å². The summed E-state index contributed by atoms with van der Waals surface area (Å²) in [6.45, 7) is 3.59. The Kier molecular flexibility index (Phi) is 8.37. The molecule has 4 aromatic rings. The SMILES string of the molecule is Cc1ccc(C(=O)c2cccn2C/C=C/c2cccc(CN(Cc3ccccn3)C3(C(=O)O)CCCC3)c2)cc1. The maximum Gasteiger partial charge on any atom is 0.324 e. The Balaban J connectivity index is 1.31. The van der Waals surface area contributed by atoms with Gasteiger partial charge in [0, 0.05) is 37.6 Å². The molecule has 40 heavy (non-hydrogen) atoms. The largest absolute Gasteiger partial charge is 0.480 e. The van der Waals surface area contributed by atoms with E-state index in [9.17, 15) is 14.7 Å². The molecular formula is C34H35N3O3. The van der Waals surface area contributed by atoms with Crippen molar-refractivity contribution in [3.8, 4) is 0 Å². The molecule has 0 radical (unpaired) electrons. The van der Waals surface area contributed by atoms with Crippen LogP contribution in [0.5, 0.6) is 0 Å². The van der Waals surface area contributed by atoms with E-state index in [1.807, 2.05) is 90.5 Å². The first-order chi connectivity index (χ1) is 19.4. The highest BCUT2D eigenvalue weighted by Crippen LogP contribution is 2.37. The molecular weight excluding hydrogens is 498 g/mol. The van der Waals surface area contributed by atoms with Crippen LogP contribution in [0.3, 0.4) is 0 Å². The summed E-state index contributed by atoms with van der Waals surface area (Å²) in [4.78, 5) is 32.2. The molecule has 6 nitrogen and oxygen atoms in total. The predicted molar refractivity (Wildman–Crippen MR) is 157 cm³/mol. The Hall–Kier alpha value is -4.29. The summed E-state index contributed by atoms with van der Waals surface area (Å²) in [6.07, 6.45) is 10.9. The van der Waals surface area contributed by atoms with Crippen molar-refractivity contribution in [2.24, 2.45) is 0 Å². The number of aryl methyl sites for hydroxylation is 1. The van der Waals surface area contributed by atoms with Crippen molar-refractivity contribution >= 4 is 17.8 Å². The van der Waals surface area contributed by atoms with Crippen LogP contribution >= 0.6 is 0 Å². The summed E-state index contributed by atoms with van der Waals surface area (Å²) < 4.78 is 1.95. The number of aliphatic carboxylic acids is 1. The van der Waals surface area contributed by atoms with Crippen molar-refractivity contribution in [1.82, 2.24) is 14.5 Å². The van der Waals surface area contributed by atoms with Crippen LogP contribution in [0.15, 0.2) is 97.3 Å². The first-order valence-corrected chi connectivity index (χ1v) is 13.8. The second-order valence-electron chi connectivity index (χ2n) is 10.6. The van der Waals surface area contributed by atoms with Gasteiger partial charge in [-0.1, -0.05) is 85.2 Å². The Morgan fingerprint density at radius 1 is 0.975 bits per heavy atom. The van der Waals surface area contributed by atoms with E-state index in [0.29, 0.717) is 43.7 Å². The standard InChI is InChI=1S/C34H35N3O3/c1-26-14-16-29(17-15-26)32(38)31-13-8-22-36(31)21-7-11-27-9-6-10-28(23-27)24-37(25-30-12-2-5-20-35-30)34(33(39)40)18-3-4-19-34/h2,5-17,20,22-23H,3-4,18-19,21,24-25H2,1H3,(H,39,40)/b11-7+. The molecule has 1 fully saturated rings. The topological polar surface area (TPSA) is 75.4 Å². The molecule has 1 aliphatic carbocycles. The fourth-order valence-electron chi connectivity index (χ4n) is 5.62. The molecule has 0 aliphatic heterocycles. The number of hydrogen-bond acceptors (Lipinski definition) is 4. The Morgan fingerprint density at radius 3 is 2.50 bits per heavy atom. The lowest BCUT2D eigenvalue weighted by Gasteiger charge is -2.38. The number of carboxylic acids is 1. The molecule has 0 saturated heterocycles. The van der Waals surface area contributed by atoms with Crippen LogP contribution in [-0.4, -0.2) is 36.8 Å². The van der Waals surface area contributed by atoms with Gasteiger partial charge >= 0.3 is 5.97 Å². The molecule has 1 saturated carbocycles. The van der Waals surface area contributed by atoms with Gasteiger partial charge in [0.15, 0.2) is 0 Å². The van der Waals surface area contributed by atoms with Gasteiger partial charge in [0.2, 0.25) is 5.78 Å². The summed E-state index contributed by atoms with van der Waals surface area (Å²) in [5, 5.41) is 10.3. The zero-order valence-electron chi connectivity index (χ0n) is 22.9. The average Bonchev–Trinajstić information content (AvgIpc) is 3.65. The summed E-state index contributed by atoms with van der Waals surface area (Å²) in [6, 6.07) is 25.4. The van der Waals surface area contributed by atoms with Crippen LogP contribution in [0, 0.1) is 6.92 Å². The summed E-state index contributed by atoms with van der Waals surface area (Å²) in [5.74, 6) is -0.743. The van der Waals surface area contributed by atoms with E-state index >= 15 is 0 Å². The van der Waals surface area contributed by atoms with Gasteiger partial charge in [0.1, 0.15) is 5.54 Å². The van der Waals surface area contributed by atoms with E-state index < -0.39 is 11.5 Å². The minimum atomic E-state index is -0.877. The quantitative estimate of drug-likeness (QED) is 0.222. The molecule has 6 heteroatoms. The van der Waals surface area contributed by atoms with Crippen LogP contribution in [0.4, 0.5) is 0 Å². The lowest BCUT2D eigenvalue weighted by Crippen LogP contribution is -2.52. The number of nitrogens with zero attached hydrogens (tertiary/aromatic N) is 3. The van der Waals surface area contributed by atoms with E-state index in [1.165, 1.54) is 0 Å². The molecule has 2 heterocycles. The number of carboxylic acid groups (broad SMARTS) is 1. The molecule has 1 N–H and O–H groups in total. The predicted octanol–water partition coefficient (Wildman–Crippen LogP) is 6.54. The number of allylic oxidation sites excluding steroid dienone is 1. The number of benzene rings is 2. The fourth-order valence-corrected chi connectivity index (χ4v) is 5.62. The number of pyridine rings is 1. The highest BCUT2D eigenvalue weighted by atomic mass is 16.4. The average molecular weight is 534 g/mol. The Bertz CT molecular complexity index is 1480. The van der Waals surface area contributed by atoms with Gasteiger partial charge in [-0.15, -0.1) is 0 Å². The zero-order chi connectivity index (χ0) is 28.0. The summed E-state index contributed by atoms with van der Waals surface area (Å²) >= 11 is 0. The van der Waals surface area contributed by atoms with Crippen molar-refractivity contribution in [2.75, 3.05) is 0 Å².